The Balaban J connectivity index is -0.00000000200. The molecule has 0 saturated carbocycles. The van der Waals surface area contributed by atoms with E-state index in [0.29, 0.717) is 0 Å². The molecule has 0 aliphatic heterocycles. The van der Waals surface area contributed by atoms with Crippen molar-refractivity contribution in [1.29, 1.82) is 0 Å². The molecule has 0 rings (SSSR count). The predicted octanol–water partition coefficient (Wildman–Crippen LogP) is -8.52. The molecule has 0 aromatic heterocycles. The fourth-order valence-corrected chi connectivity index (χ4v) is 0. The summed E-state index contributed by atoms with van der Waals surface area (Å²) < 4.78 is 0. The van der Waals surface area contributed by atoms with Gasteiger partial charge in [0.2, 0.25) is 0 Å². The van der Waals surface area contributed by atoms with E-state index in [1.54, 1.807) is 0 Å². The molecule has 0 nitrogen and oxygen atoms in total. The van der Waals surface area contributed by atoms with Crippen LogP contribution in [-0.2, 0) is 0 Å². The van der Waals surface area contributed by atoms with Gasteiger partial charge < -0.3 is 43.6 Å². The first-order valence-electron chi connectivity index (χ1n) is 1.15. The fourth-order valence-electron chi connectivity index (χ4n) is 0. The molecule has 0 heterocycles. The van der Waals surface area contributed by atoms with Gasteiger partial charge >= 0.3 is 46.1 Å². The quantitative estimate of drug-likeness (QED) is 0.268. The molecule has 0 radical (unpaired) electrons. The zero-order chi connectivity index (χ0) is 2.71. The summed E-state index contributed by atoms with van der Waals surface area (Å²) in [6.07, 6.45) is 2.00. The van der Waals surface area contributed by atoms with Crippen molar-refractivity contribution in [2.45, 2.75) is 13.8 Å². The third kappa shape index (κ3) is 79.8. The zero-order valence-electron chi connectivity index (χ0n) is 5.13. The van der Waals surface area contributed by atoms with Crippen molar-refractivity contribution >= 4 is 46.1 Å². The van der Waals surface area contributed by atoms with Crippen molar-refractivity contribution in [3.8, 4) is 0 Å². The van der Waals surface area contributed by atoms with Gasteiger partial charge in [-0.15, -0.1) is 0 Å². The molecule has 0 amide bonds. The van der Waals surface area contributed by atoms with Gasteiger partial charge in [-0.05, 0) is 0 Å². The van der Waals surface area contributed by atoms with E-state index in [4.69, 9.17) is 0 Å². The molecule has 0 N–H and O–H groups in total. The van der Waals surface area contributed by atoms with Crippen LogP contribution in [0.4, 0.5) is 0 Å². The van der Waals surface area contributed by atoms with Crippen LogP contribution in [-0.4, -0.2) is 46.1 Å². The van der Waals surface area contributed by atoms with Crippen molar-refractivity contribution < 1.29 is 37.2 Å². The SMILES string of the molecule is C[CH-]C.[Cl-].[Cl-].[Cl-].[Mg+2].[Mg+2]. The topological polar surface area (TPSA) is 0 Å². The Morgan fingerprint density at radius 1 is 0.750 bits per heavy atom. The number of hydrogen-bond donors (Lipinski definition) is 0. The number of rotatable bonds is 0. The molecular weight excluding hydrogens is 191 g/mol. The molecule has 0 bridgehead atoms. The summed E-state index contributed by atoms with van der Waals surface area (Å²) in [6.45, 7) is 4.00. The Hall–Kier alpha value is 2.40. The van der Waals surface area contributed by atoms with Crippen molar-refractivity contribution in [1.82, 2.24) is 0 Å². The Morgan fingerprint density at radius 3 is 0.750 bits per heavy atom. The molecule has 0 spiro atoms. The first kappa shape index (κ1) is 47.4. The van der Waals surface area contributed by atoms with Crippen LogP contribution in [0.25, 0.3) is 0 Å². The van der Waals surface area contributed by atoms with Gasteiger partial charge in [-0.2, -0.15) is 13.8 Å². The summed E-state index contributed by atoms with van der Waals surface area (Å²) >= 11 is 0. The number of hydrogen-bond acceptors (Lipinski definition) is 0. The predicted molar refractivity (Wildman–Crippen MR) is 27.2 cm³/mol. The Morgan fingerprint density at radius 2 is 0.750 bits per heavy atom. The normalized spacial score (nSPS) is 2.25. The van der Waals surface area contributed by atoms with Crippen LogP contribution in [0.2, 0.25) is 0 Å². The molecule has 0 fully saturated rings. The Labute approximate surface area is 102 Å². The second-order valence-corrected chi connectivity index (χ2v) is 0.577. The zero-order valence-corrected chi connectivity index (χ0v) is 10.2. The van der Waals surface area contributed by atoms with Crippen LogP contribution >= 0.6 is 0 Å². The molecule has 0 saturated heterocycles. The van der Waals surface area contributed by atoms with E-state index in [-0.39, 0.29) is 83.3 Å². The summed E-state index contributed by atoms with van der Waals surface area (Å²) in [6, 6.07) is 0. The van der Waals surface area contributed by atoms with Crippen molar-refractivity contribution in [2.24, 2.45) is 0 Å². The van der Waals surface area contributed by atoms with Gasteiger partial charge in [-0.25, -0.2) is 0 Å². The standard InChI is InChI=1S/C3H7.3ClH.2Mg/c1-3-2;;;;;/h3H,1-2H3;3*1H;;/q-1;;;;2*+2/p-3. The number of halogens is 3. The second-order valence-electron chi connectivity index (χ2n) is 0.577. The van der Waals surface area contributed by atoms with Crippen molar-refractivity contribution in [2.75, 3.05) is 0 Å². The smallest absolute Gasteiger partial charge is 1.00 e. The largest absolute Gasteiger partial charge is 2.00 e. The molecule has 44 valence electrons. The summed E-state index contributed by atoms with van der Waals surface area (Å²) in [5.41, 5.74) is 0. The van der Waals surface area contributed by atoms with E-state index < -0.39 is 0 Å². The molecule has 0 aromatic rings. The summed E-state index contributed by atoms with van der Waals surface area (Å²) in [4.78, 5) is 0. The van der Waals surface area contributed by atoms with Crippen LogP contribution in [0.3, 0.4) is 0 Å². The van der Waals surface area contributed by atoms with Crippen molar-refractivity contribution in [3.05, 3.63) is 6.42 Å². The van der Waals surface area contributed by atoms with Gasteiger partial charge in [-0.3, -0.25) is 0 Å². The average Bonchev–Trinajstić information content (AvgIpc) is 0.918. The van der Waals surface area contributed by atoms with Gasteiger partial charge in [0.25, 0.3) is 0 Å². The monoisotopic (exact) mass is 196 g/mol. The Kier molecular flexibility index (Phi) is 340. The summed E-state index contributed by atoms with van der Waals surface area (Å²) in [7, 11) is 0. The van der Waals surface area contributed by atoms with Gasteiger partial charge in [0, 0.05) is 0 Å². The minimum Gasteiger partial charge on any atom is -1.00 e. The third-order valence-electron chi connectivity index (χ3n) is 0. The fraction of sp³-hybridized carbons (Fsp3) is 0.667. The van der Waals surface area contributed by atoms with E-state index in [1.165, 1.54) is 0 Å². The van der Waals surface area contributed by atoms with E-state index in [9.17, 15) is 0 Å². The molecule has 0 unspecified atom stereocenters. The molecule has 0 aliphatic carbocycles. The van der Waals surface area contributed by atoms with E-state index >= 15 is 0 Å². The van der Waals surface area contributed by atoms with Gasteiger partial charge in [0.15, 0.2) is 0 Å². The molecular formula is C3H7Cl3Mg2. The van der Waals surface area contributed by atoms with E-state index in [2.05, 4.69) is 0 Å². The minimum absolute atomic E-state index is 0. The maximum atomic E-state index is 2.00. The summed E-state index contributed by atoms with van der Waals surface area (Å²) in [5, 5.41) is 0. The summed E-state index contributed by atoms with van der Waals surface area (Å²) in [5.74, 6) is 0. The van der Waals surface area contributed by atoms with Crippen LogP contribution in [0.1, 0.15) is 13.8 Å². The van der Waals surface area contributed by atoms with Gasteiger partial charge in [0.1, 0.15) is 0 Å². The van der Waals surface area contributed by atoms with Crippen LogP contribution in [0.5, 0.6) is 0 Å². The molecule has 8 heavy (non-hydrogen) atoms. The Bertz CT molecular complexity index is 12.5. The van der Waals surface area contributed by atoms with Crippen LogP contribution in [0, 0.1) is 6.42 Å². The third-order valence-corrected chi connectivity index (χ3v) is 0. The van der Waals surface area contributed by atoms with Gasteiger partial charge in [0.05, 0.1) is 0 Å². The van der Waals surface area contributed by atoms with Crippen molar-refractivity contribution in [3.63, 3.8) is 0 Å². The minimum atomic E-state index is 0. The van der Waals surface area contributed by atoms with Gasteiger partial charge in [-0.1, -0.05) is 0 Å². The van der Waals surface area contributed by atoms with E-state index in [0.717, 1.165) is 0 Å². The maximum absolute atomic E-state index is 2.00. The molecule has 0 aliphatic rings. The van der Waals surface area contributed by atoms with Crippen LogP contribution in [0.15, 0.2) is 0 Å². The molecule has 0 aromatic carbocycles. The molecule has 0 atom stereocenters. The molecule has 5 heteroatoms. The first-order chi connectivity index (χ1) is 1.41. The average molecular weight is 198 g/mol. The van der Waals surface area contributed by atoms with E-state index in [1.807, 2.05) is 20.3 Å². The second kappa shape index (κ2) is 57.3. The first-order valence-corrected chi connectivity index (χ1v) is 1.15. The maximum Gasteiger partial charge on any atom is 2.00 e. The van der Waals surface area contributed by atoms with Crippen LogP contribution < -0.4 is 37.2 Å².